The molecule has 1 aromatic carbocycles. The number of anilines is 1. The molecule has 0 spiro atoms. The first-order chi connectivity index (χ1) is 9.38. The highest BCUT2D eigenvalue weighted by Gasteiger charge is 2.09. The number of esters is 1. The minimum Gasteiger partial charge on any atom is -0.456 e. The third-order valence-corrected chi connectivity index (χ3v) is 3.25. The highest BCUT2D eigenvalue weighted by molar-refractivity contribution is 9.10. The Morgan fingerprint density at radius 2 is 2.05 bits per heavy atom. The van der Waals surface area contributed by atoms with Crippen molar-refractivity contribution in [2.24, 2.45) is 5.92 Å². The van der Waals surface area contributed by atoms with Crippen LogP contribution in [-0.4, -0.2) is 18.5 Å². The quantitative estimate of drug-likeness (QED) is 0.803. The van der Waals surface area contributed by atoms with E-state index in [1.54, 1.807) is 6.07 Å². The Kier molecular flexibility index (Phi) is 6.71. The summed E-state index contributed by atoms with van der Waals surface area (Å²) in [6.07, 6.45) is 1.12. The molecule has 0 saturated carbocycles. The van der Waals surface area contributed by atoms with Crippen molar-refractivity contribution in [1.82, 2.24) is 0 Å². The molecule has 0 radical (unpaired) electrons. The largest absolute Gasteiger partial charge is 0.456 e. The van der Waals surface area contributed by atoms with Gasteiger partial charge in [-0.25, -0.2) is 0 Å². The normalized spacial score (nSPS) is 10.4. The molecule has 0 atom stereocenters. The molecule has 0 bridgehead atoms. The summed E-state index contributed by atoms with van der Waals surface area (Å²) >= 11 is 3.36. The van der Waals surface area contributed by atoms with Gasteiger partial charge in [-0.15, -0.1) is 0 Å². The third kappa shape index (κ3) is 6.19. The van der Waals surface area contributed by atoms with Crippen molar-refractivity contribution >= 4 is 33.5 Å². The van der Waals surface area contributed by atoms with Gasteiger partial charge in [-0.3, -0.25) is 9.59 Å². The predicted molar refractivity (Wildman–Crippen MR) is 82.5 cm³/mol. The van der Waals surface area contributed by atoms with Gasteiger partial charge in [-0.05, 0) is 43.0 Å². The van der Waals surface area contributed by atoms with Crippen molar-refractivity contribution in [2.45, 2.75) is 33.6 Å². The lowest BCUT2D eigenvalue weighted by Crippen LogP contribution is -2.21. The molecule has 5 heteroatoms. The summed E-state index contributed by atoms with van der Waals surface area (Å²) in [4.78, 5) is 23.1. The third-order valence-electron chi connectivity index (χ3n) is 2.75. The van der Waals surface area contributed by atoms with E-state index in [2.05, 4.69) is 21.2 Å². The van der Waals surface area contributed by atoms with Crippen molar-refractivity contribution < 1.29 is 14.3 Å². The second kappa shape index (κ2) is 8.04. The van der Waals surface area contributed by atoms with Gasteiger partial charge in [-0.1, -0.05) is 29.8 Å². The van der Waals surface area contributed by atoms with Crippen LogP contribution < -0.4 is 5.32 Å². The fraction of sp³-hybridized carbons (Fsp3) is 0.467. The predicted octanol–water partition coefficient (Wildman–Crippen LogP) is 3.68. The van der Waals surface area contributed by atoms with Crippen LogP contribution in [0.5, 0.6) is 0 Å². The number of ether oxygens (including phenoxy) is 1. The molecule has 4 nitrogen and oxygen atoms in total. The molecule has 1 rings (SSSR count). The maximum atomic E-state index is 11.7. The van der Waals surface area contributed by atoms with Crippen molar-refractivity contribution in [2.75, 3.05) is 11.9 Å². The molecule has 0 saturated heterocycles. The molecule has 0 aliphatic carbocycles. The van der Waals surface area contributed by atoms with Crippen LogP contribution in [0.2, 0.25) is 0 Å². The summed E-state index contributed by atoms with van der Waals surface area (Å²) in [7, 11) is 0. The first kappa shape index (κ1) is 16.7. The van der Waals surface area contributed by atoms with Crippen molar-refractivity contribution in [3.63, 3.8) is 0 Å². The number of hydrogen-bond acceptors (Lipinski definition) is 3. The van der Waals surface area contributed by atoms with E-state index in [9.17, 15) is 9.59 Å². The van der Waals surface area contributed by atoms with E-state index in [-0.39, 0.29) is 18.5 Å². The number of nitrogens with one attached hydrogen (secondary N) is 1. The highest BCUT2D eigenvalue weighted by Crippen LogP contribution is 2.19. The lowest BCUT2D eigenvalue weighted by molar-refractivity contribution is -0.147. The van der Waals surface area contributed by atoms with Crippen LogP contribution in [0.4, 0.5) is 5.69 Å². The van der Waals surface area contributed by atoms with Crippen LogP contribution >= 0.6 is 15.9 Å². The minimum atomic E-state index is -0.332. The Morgan fingerprint density at radius 3 is 2.65 bits per heavy atom. The van der Waals surface area contributed by atoms with Gasteiger partial charge in [0, 0.05) is 16.6 Å². The molecule has 0 fully saturated rings. The number of amides is 1. The molecule has 0 aliphatic heterocycles. The fourth-order valence-electron chi connectivity index (χ4n) is 1.58. The first-order valence-corrected chi connectivity index (χ1v) is 7.39. The topological polar surface area (TPSA) is 55.4 Å². The number of halogens is 1. The zero-order valence-electron chi connectivity index (χ0n) is 12.0. The summed E-state index contributed by atoms with van der Waals surface area (Å²) in [6, 6.07) is 5.55. The Bertz CT molecular complexity index is 486. The number of rotatable bonds is 6. The van der Waals surface area contributed by atoms with E-state index in [1.807, 2.05) is 32.9 Å². The summed E-state index contributed by atoms with van der Waals surface area (Å²) in [5.74, 6) is -0.212. The monoisotopic (exact) mass is 341 g/mol. The molecular weight excluding hydrogens is 322 g/mol. The van der Waals surface area contributed by atoms with Crippen LogP contribution in [-0.2, 0) is 14.3 Å². The van der Waals surface area contributed by atoms with Gasteiger partial charge >= 0.3 is 5.97 Å². The van der Waals surface area contributed by atoms with Crippen LogP contribution in [0.1, 0.15) is 32.3 Å². The van der Waals surface area contributed by atoms with Gasteiger partial charge in [0.15, 0.2) is 6.61 Å². The molecule has 0 aromatic heterocycles. The number of carbonyl (C=O) groups is 2. The van der Waals surface area contributed by atoms with Gasteiger partial charge in [0.2, 0.25) is 0 Å². The maximum absolute atomic E-state index is 11.7. The standard InChI is InChI=1S/C15H20BrNO3/c1-10(2)4-7-15(19)20-9-14(18)17-13-6-5-12(16)8-11(13)3/h5-6,8,10H,4,7,9H2,1-3H3,(H,17,18). The van der Waals surface area contributed by atoms with Gasteiger partial charge in [-0.2, -0.15) is 0 Å². The average molecular weight is 342 g/mol. The van der Waals surface area contributed by atoms with Gasteiger partial charge in [0.25, 0.3) is 5.91 Å². The fourth-order valence-corrected chi connectivity index (χ4v) is 2.05. The van der Waals surface area contributed by atoms with E-state index in [0.29, 0.717) is 12.3 Å². The van der Waals surface area contributed by atoms with Crippen LogP contribution in [0.15, 0.2) is 22.7 Å². The maximum Gasteiger partial charge on any atom is 0.306 e. The number of carbonyl (C=O) groups excluding carboxylic acids is 2. The van der Waals surface area contributed by atoms with Crippen molar-refractivity contribution in [3.8, 4) is 0 Å². The number of benzene rings is 1. The first-order valence-electron chi connectivity index (χ1n) is 6.60. The van der Waals surface area contributed by atoms with Crippen molar-refractivity contribution in [3.05, 3.63) is 28.2 Å². The molecule has 0 aliphatic rings. The Morgan fingerprint density at radius 1 is 1.35 bits per heavy atom. The summed E-state index contributed by atoms with van der Waals surface area (Å²) in [5.41, 5.74) is 1.66. The summed E-state index contributed by atoms with van der Waals surface area (Å²) < 4.78 is 5.88. The second-order valence-electron chi connectivity index (χ2n) is 5.10. The number of hydrogen-bond donors (Lipinski definition) is 1. The zero-order chi connectivity index (χ0) is 15.1. The van der Waals surface area contributed by atoms with Crippen molar-refractivity contribution in [1.29, 1.82) is 0 Å². The SMILES string of the molecule is Cc1cc(Br)ccc1NC(=O)COC(=O)CCC(C)C. The van der Waals surface area contributed by atoms with E-state index in [1.165, 1.54) is 0 Å². The zero-order valence-corrected chi connectivity index (χ0v) is 13.6. The molecule has 1 aromatic rings. The van der Waals surface area contributed by atoms with Crippen LogP contribution in [0, 0.1) is 12.8 Å². The van der Waals surface area contributed by atoms with E-state index >= 15 is 0 Å². The lowest BCUT2D eigenvalue weighted by atomic mass is 10.1. The summed E-state index contributed by atoms with van der Waals surface area (Å²) in [6.45, 7) is 5.73. The Hall–Kier alpha value is -1.36. The Balaban J connectivity index is 2.38. The van der Waals surface area contributed by atoms with E-state index in [4.69, 9.17) is 4.74 Å². The summed E-state index contributed by atoms with van der Waals surface area (Å²) in [5, 5.41) is 2.72. The van der Waals surface area contributed by atoms with E-state index in [0.717, 1.165) is 22.1 Å². The smallest absolute Gasteiger partial charge is 0.306 e. The molecular formula is C15H20BrNO3. The van der Waals surface area contributed by atoms with Gasteiger partial charge in [0.1, 0.15) is 0 Å². The minimum absolute atomic E-state index is 0.244. The molecule has 0 heterocycles. The highest BCUT2D eigenvalue weighted by atomic mass is 79.9. The lowest BCUT2D eigenvalue weighted by Gasteiger charge is -2.09. The Labute approximate surface area is 128 Å². The average Bonchev–Trinajstić information content (AvgIpc) is 2.37. The van der Waals surface area contributed by atoms with E-state index < -0.39 is 0 Å². The van der Waals surface area contributed by atoms with Gasteiger partial charge in [0.05, 0.1) is 0 Å². The molecule has 110 valence electrons. The van der Waals surface area contributed by atoms with Crippen LogP contribution in [0.3, 0.4) is 0 Å². The van der Waals surface area contributed by atoms with Gasteiger partial charge < -0.3 is 10.1 Å². The second-order valence-corrected chi connectivity index (χ2v) is 6.02. The number of aryl methyl sites for hydroxylation is 1. The molecule has 1 N–H and O–H groups in total. The molecule has 0 unspecified atom stereocenters. The molecule has 1 amide bonds. The molecule has 20 heavy (non-hydrogen) atoms. The van der Waals surface area contributed by atoms with Crippen LogP contribution in [0.25, 0.3) is 0 Å².